The third-order valence-corrected chi connectivity index (χ3v) is 21.2. The Hall–Kier alpha value is -8.82. The number of hydrogen-bond acceptors (Lipinski definition) is 16. The Morgan fingerprint density at radius 2 is 0.717 bits per heavy atom. The van der Waals surface area contributed by atoms with E-state index >= 15 is 0 Å². The van der Waals surface area contributed by atoms with Crippen LogP contribution in [-0.4, -0.2) is 86.7 Å². The van der Waals surface area contributed by atoms with Gasteiger partial charge in [-0.05, 0) is 205 Å². The zero-order chi connectivity index (χ0) is 71.9. The van der Waals surface area contributed by atoms with Crippen LogP contribution in [0.25, 0.3) is 23.5 Å². The molecular formula is C74H92CdN12O12. The number of hydrogen-bond donors (Lipinski definition) is 6. The second-order valence-electron chi connectivity index (χ2n) is 25.2. The number of carboxylic acids is 2. The van der Waals surface area contributed by atoms with E-state index < -0.39 is 44.7 Å². The van der Waals surface area contributed by atoms with Crippen molar-refractivity contribution in [3.63, 3.8) is 0 Å². The molecule has 6 N–H and O–H groups in total. The molecule has 8 aliphatic heterocycles. The second kappa shape index (κ2) is 30.3. The molecule has 0 saturated heterocycles. The predicted molar refractivity (Wildman–Crippen MR) is 381 cm³/mol. The number of aromatic amines is 2. The van der Waals surface area contributed by atoms with Gasteiger partial charge in [0.05, 0.1) is 54.6 Å². The van der Waals surface area contributed by atoms with Gasteiger partial charge < -0.3 is 30.8 Å². The minimum atomic E-state index is -1.54. The van der Waals surface area contributed by atoms with Gasteiger partial charge in [-0.15, -0.1) is 0 Å². The van der Waals surface area contributed by atoms with Crippen molar-refractivity contribution in [2.75, 3.05) is 0 Å². The van der Waals surface area contributed by atoms with E-state index in [0.717, 1.165) is 66.8 Å². The van der Waals surface area contributed by atoms with Gasteiger partial charge in [0.1, 0.15) is 55.7 Å². The molecule has 0 fully saturated rings. The summed E-state index contributed by atoms with van der Waals surface area (Å²) in [6.07, 6.45) is 14.2. The number of nitrogens with one attached hydrogen (secondary N) is 4. The molecule has 10 rings (SSSR count). The molecule has 522 valence electrons. The number of aromatic nitrogens is 2. The predicted octanol–water partition coefficient (Wildman–Crippen LogP) is 11.9. The normalized spacial score (nSPS) is 26.1. The number of H-pyrrole nitrogens is 2. The maximum absolute atomic E-state index is 13.4. The zero-order valence-electron chi connectivity index (χ0n) is 60.0. The first kappa shape index (κ1) is 75.9. The third kappa shape index (κ3) is 12.0. The van der Waals surface area contributed by atoms with Crippen LogP contribution in [0, 0.1) is 51.3 Å². The molecule has 0 saturated carbocycles. The Kier molecular flexibility index (Phi) is 23.3. The van der Waals surface area contributed by atoms with E-state index in [0.29, 0.717) is 132 Å². The number of aliphatic carboxylic acids is 2. The van der Waals surface area contributed by atoms with Crippen LogP contribution in [0.1, 0.15) is 210 Å². The van der Waals surface area contributed by atoms with Crippen LogP contribution in [0.5, 0.6) is 0 Å². The Bertz CT molecular complexity index is 4330. The minimum Gasteiger partial charge on any atom is -0.481 e. The van der Waals surface area contributed by atoms with Gasteiger partial charge in [0, 0.05) is 38.0 Å². The van der Waals surface area contributed by atoms with Crippen molar-refractivity contribution in [2.24, 2.45) is 30.8 Å². The molecular weight excluding hydrogens is 1360 g/mol. The van der Waals surface area contributed by atoms with Crippen molar-refractivity contribution in [2.45, 2.75) is 226 Å². The van der Waals surface area contributed by atoms with Crippen molar-refractivity contribution in [1.82, 2.24) is 20.6 Å². The summed E-state index contributed by atoms with van der Waals surface area (Å²) in [5.41, 5.74) is 9.89. The van der Waals surface area contributed by atoms with Gasteiger partial charge in [-0.2, -0.15) is 0 Å². The number of nitrogens with zero attached hydrogens (tertiary/aromatic N) is 8. The van der Waals surface area contributed by atoms with Crippen molar-refractivity contribution >= 4 is 58.3 Å². The molecule has 25 heteroatoms. The molecule has 8 aliphatic rings. The molecule has 0 spiro atoms. The molecule has 2 aromatic rings. The fourth-order valence-corrected chi connectivity index (χ4v) is 16.8. The summed E-state index contributed by atoms with van der Waals surface area (Å²) in [6, 6.07) is -1.85. The molecule has 4 atom stereocenters. The van der Waals surface area contributed by atoms with Gasteiger partial charge in [0.2, 0.25) is 0 Å². The monoisotopic (exact) mass is 1450 g/mol. The van der Waals surface area contributed by atoms with E-state index in [9.17, 15) is 60.3 Å². The number of carbonyl (C=O) groups is 2. The van der Waals surface area contributed by atoms with Gasteiger partial charge in [-0.1, -0.05) is 111 Å². The minimum absolute atomic E-state index is 0. The van der Waals surface area contributed by atoms with Gasteiger partial charge >= 0.3 is 34.7 Å². The molecule has 4 unspecified atom stereocenters. The molecule has 0 aliphatic carbocycles. The summed E-state index contributed by atoms with van der Waals surface area (Å²) in [7, 11) is 0. The first-order chi connectivity index (χ1) is 46.9. The Balaban J connectivity index is 0.000000250. The maximum atomic E-state index is 13.4. The Morgan fingerprint density at radius 1 is 0.414 bits per heavy atom. The largest absolute Gasteiger partial charge is 0.481 e. The molecule has 0 aromatic carbocycles. The van der Waals surface area contributed by atoms with Crippen LogP contribution in [0.2, 0.25) is 0 Å². The van der Waals surface area contributed by atoms with Crippen molar-refractivity contribution < 1.29 is 66.8 Å². The smallest absolute Gasteiger partial charge is 0.318 e. The molecule has 2 aromatic heterocycles. The average Bonchev–Trinajstić information content (AvgIpc) is 1.56. The molecule has 0 amide bonds. The van der Waals surface area contributed by atoms with E-state index in [1.165, 1.54) is 0 Å². The van der Waals surface area contributed by atoms with E-state index in [1.54, 1.807) is 26.0 Å². The van der Waals surface area contributed by atoms with Crippen LogP contribution in [0.4, 0.5) is 0 Å². The topological polar surface area (TPSA) is 352 Å². The summed E-state index contributed by atoms with van der Waals surface area (Å²) in [5.74, 6) is -2.22. The molecule has 0 radical (unpaired) electrons. The summed E-state index contributed by atoms with van der Waals surface area (Å²) in [5, 5.41) is 83.1. The second-order valence-corrected chi connectivity index (χ2v) is 25.2. The zero-order valence-corrected chi connectivity index (χ0v) is 64.1. The van der Waals surface area contributed by atoms with Crippen molar-refractivity contribution in [1.29, 1.82) is 0 Å². The number of aliphatic imine (C=N–C) groups is 4. The van der Waals surface area contributed by atoms with Crippen LogP contribution in [0.3, 0.4) is 0 Å². The van der Waals surface area contributed by atoms with Crippen molar-refractivity contribution in [3.8, 4) is 0 Å². The summed E-state index contributed by atoms with van der Waals surface area (Å²) >= 11 is 0. The van der Waals surface area contributed by atoms with Crippen LogP contribution in [0.15, 0.2) is 133 Å². The van der Waals surface area contributed by atoms with E-state index in [4.69, 9.17) is 20.0 Å². The molecule has 10 heterocycles. The standard InChI is InChI=1S/2C37H46N6O6.Cd/c2*1-9-19-22(12-4)30-34(42(46)47)31-24(14-6)21(11-3)28(40-31)18-29-37(16-8,36(44)45)25(15-7)33(41-29)35(43(48)49)32-23(13-5)20(10-2)27(39-32)17-26(19)38-30;/h2*17-18,29,38,41H,9-16H2,1-8H3,(H,44,45);/b2*26-17-,28-18-,34-30+,35-32+;. The van der Waals surface area contributed by atoms with Gasteiger partial charge in [0.25, 0.3) is 0 Å². The van der Waals surface area contributed by atoms with Gasteiger partial charge in [0.15, 0.2) is 0 Å². The number of allylic oxidation sites excluding steroid dienone is 6. The van der Waals surface area contributed by atoms with Gasteiger partial charge in [-0.3, -0.25) is 50.0 Å². The number of carboxylic acid groups (broad SMARTS) is 2. The average molecular weight is 1450 g/mol. The van der Waals surface area contributed by atoms with E-state index in [-0.39, 0.29) is 120 Å². The van der Waals surface area contributed by atoms with E-state index in [2.05, 4.69) is 20.6 Å². The number of nitro groups is 4. The summed E-state index contributed by atoms with van der Waals surface area (Å²) in [6.45, 7) is 30.7. The van der Waals surface area contributed by atoms with Gasteiger partial charge in [-0.25, -0.2) is 20.0 Å². The molecule has 16 bridgehead atoms. The van der Waals surface area contributed by atoms with E-state index in [1.807, 2.05) is 109 Å². The SMILES string of the molecule is CCC1=C(CC)/C2=C/C3NC(=C(CC)C3(CC)C(=O)O)/C([N+](=O)[O-])=C3N=C(/C=c4\[nH]/c(c(CC)c4CC)=C(/[N+](=O)[O-])C1=N2)C(CC)=C\3CC.CCC1=C(CC)/C2=C/C3NC(=C(CC)C3(CC)C(=O)O)/C([N+](=O)[O-])=C3N=C(/C=c4\[nH]/c(c(CC)c4CC)=C(/[N+](=O)[O-])C1=N2)C(CC)=C\3CC.[Cd]. The first-order valence-electron chi connectivity index (χ1n) is 35.0. The molecule has 24 nitrogen and oxygen atoms in total. The third-order valence-electron chi connectivity index (χ3n) is 21.2. The Morgan fingerprint density at radius 3 is 0.960 bits per heavy atom. The van der Waals surface area contributed by atoms with Crippen LogP contribution in [-0.2, 0) is 62.6 Å². The van der Waals surface area contributed by atoms with Crippen molar-refractivity contribution in [3.05, 3.63) is 198 Å². The molecule has 99 heavy (non-hydrogen) atoms. The number of fused-ring (bicyclic) bond motifs is 12. The fraction of sp³-hybridized carbons (Fsp3) is 0.486. The number of rotatable bonds is 22. The summed E-state index contributed by atoms with van der Waals surface area (Å²) in [4.78, 5) is 104. The quantitative estimate of drug-likeness (QED) is 0.0363. The van der Waals surface area contributed by atoms with Crippen LogP contribution < -0.4 is 32.0 Å². The fourth-order valence-electron chi connectivity index (χ4n) is 16.8. The summed E-state index contributed by atoms with van der Waals surface area (Å²) < 4.78 is 0. The van der Waals surface area contributed by atoms with Crippen LogP contribution >= 0.6 is 0 Å². The maximum Gasteiger partial charge on any atom is 0.318 e. The first-order valence-corrected chi connectivity index (χ1v) is 35.0. The Labute approximate surface area is 596 Å².